The summed E-state index contributed by atoms with van der Waals surface area (Å²) in [6, 6.07) is 12.6. The lowest BCUT2D eigenvalue weighted by Gasteiger charge is -2.08. The Morgan fingerprint density at radius 3 is 2.46 bits per heavy atom. The van der Waals surface area contributed by atoms with Crippen LogP contribution in [0.5, 0.6) is 0 Å². The second kappa shape index (κ2) is 8.71. The molecule has 0 radical (unpaired) electrons. The van der Waals surface area contributed by atoms with E-state index in [1.807, 2.05) is 57.2 Å². The molecule has 0 aliphatic heterocycles. The van der Waals surface area contributed by atoms with Crippen LogP contribution in [-0.4, -0.2) is 27.9 Å². The summed E-state index contributed by atoms with van der Waals surface area (Å²) in [6.07, 6.45) is 0. The molecule has 0 saturated carbocycles. The number of hydrogen-bond acceptors (Lipinski definition) is 6. The number of amides is 3. The monoisotopic (exact) mass is 396 g/mol. The molecular weight excluding hydrogens is 376 g/mol. The summed E-state index contributed by atoms with van der Waals surface area (Å²) < 4.78 is 5.55. The SMILES string of the molecule is Cc1ccc(-c2nnc(SCC(=O)NC(=O)Nc3ccc(C)c(C)c3)o2)cc1. The molecule has 0 saturated heterocycles. The number of benzene rings is 2. The second-order valence-corrected chi connectivity index (χ2v) is 7.26. The van der Waals surface area contributed by atoms with Gasteiger partial charge >= 0.3 is 6.03 Å². The maximum Gasteiger partial charge on any atom is 0.325 e. The number of nitrogens with zero attached hydrogens (tertiary/aromatic N) is 2. The first-order valence-electron chi connectivity index (χ1n) is 8.62. The minimum Gasteiger partial charge on any atom is -0.411 e. The minimum atomic E-state index is -0.584. The van der Waals surface area contributed by atoms with Crippen molar-refractivity contribution in [2.75, 3.05) is 11.1 Å². The first kappa shape index (κ1) is 19.6. The van der Waals surface area contributed by atoms with E-state index in [9.17, 15) is 9.59 Å². The quantitative estimate of drug-likeness (QED) is 0.630. The third kappa shape index (κ3) is 5.20. The molecule has 2 aromatic carbocycles. The molecule has 3 aromatic rings. The van der Waals surface area contributed by atoms with Crippen LogP contribution in [0.3, 0.4) is 0 Å². The second-order valence-electron chi connectivity index (χ2n) is 6.33. The van der Waals surface area contributed by atoms with E-state index >= 15 is 0 Å². The molecule has 0 atom stereocenters. The molecule has 28 heavy (non-hydrogen) atoms. The van der Waals surface area contributed by atoms with Gasteiger partial charge in [-0.1, -0.05) is 35.5 Å². The van der Waals surface area contributed by atoms with Crippen LogP contribution in [0, 0.1) is 20.8 Å². The Morgan fingerprint density at radius 2 is 1.75 bits per heavy atom. The van der Waals surface area contributed by atoms with Gasteiger partial charge < -0.3 is 9.73 Å². The van der Waals surface area contributed by atoms with Gasteiger partial charge in [-0.3, -0.25) is 10.1 Å². The lowest BCUT2D eigenvalue weighted by atomic mass is 10.1. The van der Waals surface area contributed by atoms with Crippen LogP contribution in [0.4, 0.5) is 10.5 Å². The maximum absolute atomic E-state index is 12.0. The summed E-state index contributed by atoms with van der Waals surface area (Å²) in [5.74, 6) is -0.0904. The van der Waals surface area contributed by atoms with Crippen molar-refractivity contribution < 1.29 is 14.0 Å². The third-order valence-corrected chi connectivity index (χ3v) is 4.87. The predicted octanol–water partition coefficient (Wildman–Crippen LogP) is 4.10. The van der Waals surface area contributed by atoms with E-state index in [0.29, 0.717) is 11.6 Å². The molecule has 144 valence electrons. The van der Waals surface area contributed by atoms with Crippen molar-refractivity contribution in [2.45, 2.75) is 26.0 Å². The fourth-order valence-corrected chi connectivity index (χ4v) is 2.92. The normalized spacial score (nSPS) is 10.5. The van der Waals surface area contributed by atoms with Crippen molar-refractivity contribution in [1.29, 1.82) is 0 Å². The van der Waals surface area contributed by atoms with Gasteiger partial charge in [0.1, 0.15) is 0 Å². The molecule has 8 heteroatoms. The molecule has 0 fully saturated rings. The van der Waals surface area contributed by atoms with Crippen LogP contribution < -0.4 is 10.6 Å². The van der Waals surface area contributed by atoms with Crippen molar-refractivity contribution in [3.63, 3.8) is 0 Å². The first-order chi connectivity index (χ1) is 13.4. The molecule has 3 rings (SSSR count). The van der Waals surface area contributed by atoms with Crippen molar-refractivity contribution in [1.82, 2.24) is 15.5 Å². The van der Waals surface area contributed by atoms with E-state index in [2.05, 4.69) is 20.8 Å². The zero-order chi connectivity index (χ0) is 20.1. The Kier molecular flexibility index (Phi) is 6.10. The third-order valence-electron chi connectivity index (χ3n) is 4.05. The average Bonchev–Trinajstić information content (AvgIpc) is 3.12. The highest BCUT2D eigenvalue weighted by Gasteiger charge is 2.13. The van der Waals surface area contributed by atoms with Gasteiger partial charge in [-0.25, -0.2) is 4.79 Å². The van der Waals surface area contributed by atoms with E-state index in [0.717, 1.165) is 34.0 Å². The molecular formula is C20H20N4O3S. The van der Waals surface area contributed by atoms with E-state index in [1.165, 1.54) is 0 Å². The smallest absolute Gasteiger partial charge is 0.325 e. The Balaban J connectivity index is 1.49. The Labute approximate surface area is 166 Å². The molecule has 3 amide bonds. The summed E-state index contributed by atoms with van der Waals surface area (Å²) in [5, 5.41) is 13.1. The summed E-state index contributed by atoms with van der Waals surface area (Å²) in [7, 11) is 0. The van der Waals surface area contributed by atoms with E-state index in [1.54, 1.807) is 6.07 Å². The predicted molar refractivity (Wildman–Crippen MR) is 108 cm³/mol. The minimum absolute atomic E-state index is 0.0180. The molecule has 1 aromatic heterocycles. The van der Waals surface area contributed by atoms with Gasteiger partial charge in [-0.05, 0) is 56.2 Å². The number of hydrogen-bond donors (Lipinski definition) is 2. The molecule has 0 unspecified atom stereocenters. The van der Waals surface area contributed by atoms with E-state index in [4.69, 9.17) is 4.42 Å². The number of thioether (sulfide) groups is 1. The van der Waals surface area contributed by atoms with Crippen LogP contribution in [0.2, 0.25) is 0 Å². The number of urea groups is 1. The van der Waals surface area contributed by atoms with Gasteiger partial charge in [-0.15, -0.1) is 10.2 Å². The summed E-state index contributed by atoms with van der Waals surface area (Å²) in [5.41, 5.74) is 4.75. The van der Waals surface area contributed by atoms with Crippen molar-refractivity contribution >= 4 is 29.4 Å². The molecule has 1 heterocycles. The van der Waals surface area contributed by atoms with Crippen molar-refractivity contribution in [3.05, 3.63) is 59.2 Å². The van der Waals surface area contributed by atoms with Crippen molar-refractivity contribution in [3.8, 4) is 11.5 Å². The highest BCUT2D eigenvalue weighted by Crippen LogP contribution is 2.23. The Morgan fingerprint density at radius 1 is 1.00 bits per heavy atom. The van der Waals surface area contributed by atoms with Gasteiger partial charge in [0.15, 0.2) is 0 Å². The number of carbonyl (C=O) groups excluding carboxylic acids is 2. The van der Waals surface area contributed by atoms with E-state index in [-0.39, 0.29) is 11.0 Å². The largest absolute Gasteiger partial charge is 0.411 e. The number of carbonyl (C=O) groups is 2. The van der Waals surface area contributed by atoms with Gasteiger partial charge in [0.05, 0.1) is 5.75 Å². The van der Waals surface area contributed by atoms with E-state index < -0.39 is 11.9 Å². The molecule has 7 nitrogen and oxygen atoms in total. The zero-order valence-corrected chi connectivity index (χ0v) is 16.6. The van der Waals surface area contributed by atoms with Crippen LogP contribution in [0.25, 0.3) is 11.5 Å². The summed E-state index contributed by atoms with van der Waals surface area (Å²) in [4.78, 5) is 23.9. The highest BCUT2D eigenvalue weighted by atomic mass is 32.2. The number of rotatable bonds is 5. The molecule has 0 spiro atoms. The zero-order valence-electron chi connectivity index (χ0n) is 15.8. The van der Waals surface area contributed by atoms with Crippen molar-refractivity contribution in [2.24, 2.45) is 0 Å². The van der Waals surface area contributed by atoms with Crippen LogP contribution in [-0.2, 0) is 4.79 Å². The summed E-state index contributed by atoms with van der Waals surface area (Å²) >= 11 is 1.07. The maximum atomic E-state index is 12.0. The standard InChI is InChI=1S/C20H20N4O3S/c1-12-4-7-15(8-5-12)18-23-24-20(27-18)28-11-17(25)22-19(26)21-16-9-6-13(2)14(3)10-16/h4-10H,11H2,1-3H3,(H2,21,22,25,26). The number of aromatic nitrogens is 2. The fraction of sp³-hybridized carbons (Fsp3) is 0.200. The van der Waals surface area contributed by atoms with Gasteiger partial charge in [-0.2, -0.15) is 0 Å². The van der Waals surface area contributed by atoms with Crippen LogP contribution in [0.1, 0.15) is 16.7 Å². The lowest BCUT2D eigenvalue weighted by Crippen LogP contribution is -2.35. The van der Waals surface area contributed by atoms with Gasteiger partial charge in [0.25, 0.3) is 5.22 Å². The number of aryl methyl sites for hydroxylation is 3. The number of nitrogens with one attached hydrogen (secondary N) is 2. The number of imide groups is 1. The molecule has 0 aliphatic carbocycles. The van der Waals surface area contributed by atoms with Crippen LogP contribution in [0.15, 0.2) is 52.1 Å². The van der Waals surface area contributed by atoms with Gasteiger partial charge in [0.2, 0.25) is 11.8 Å². The first-order valence-corrected chi connectivity index (χ1v) is 9.61. The van der Waals surface area contributed by atoms with Crippen LogP contribution >= 0.6 is 11.8 Å². The average molecular weight is 396 g/mol. The van der Waals surface area contributed by atoms with Gasteiger partial charge in [0, 0.05) is 11.3 Å². The number of anilines is 1. The Bertz CT molecular complexity index is 999. The lowest BCUT2D eigenvalue weighted by molar-refractivity contribution is -0.117. The highest BCUT2D eigenvalue weighted by molar-refractivity contribution is 7.99. The topological polar surface area (TPSA) is 97.1 Å². The molecule has 0 aliphatic rings. The Hall–Kier alpha value is -3.13. The fourth-order valence-electron chi connectivity index (χ4n) is 2.35. The summed E-state index contributed by atoms with van der Waals surface area (Å²) in [6.45, 7) is 5.94. The molecule has 2 N–H and O–H groups in total. The molecule has 0 bridgehead atoms.